The lowest BCUT2D eigenvalue weighted by Gasteiger charge is -2.34. The number of hydrogen-bond donors (Lipinski definition) is 1. The smallest absolute Gasteiger partial charge is 0.122 e. The van der Waals surface area contributed by atoms with E-state index in [1.165, 1.54) is 31.2 Å². The lowest BCUT2D eigenvalue weighted by molar-refractivity contribution is 0.178. The molecule has 2 rings (SSSR count). The van der Waals surface area contributed by atoms with Gasteiger partial charge in [0.05, 0.1) is 5.54 Å². The Morgan fingerprint density at radius 3 is 2.88 bits per heavy atom. The molecule has 0 spiro atoms. The van der Waals surface area contributed by atoms with Crippen molar-refractivity contribution in [2.75, 3.05) is 6.61 Å². The summed E-state index contributed by atoms with van der Waals surface area (Å²) in [5.41, 5.74) is 7.54. The number of para-hydroxylation sites is 1. The van der Waals surface area contributed by atoms with Crippen molar-refractivity contribution in [3.05, 3.63) is 29.8 Å². The third-order valence-electron chi connectivity index (χ3n) is 3.56. The lowest BCUT2D eigenvalue weighted by Crippen LogP contribution is -2.49. The maximum absolute atomic E-state index is 6.43. The second-order valence-corrected chi connectivity index (χ2v) is 5.25. The van der Waals surface area contributed by atoms with Gasteiger partial charge in [0, 0.05) is 0 Å². The molecule has 1 atom stereocenters. The highest BCUT2D eigenvalue weighted by molar-refractivity contribution is 5.36. The molecule has 1 unspecified atom stereocenters. The predicted octanol–water partition coefficient (Wildman–Crippen LogP) is 3.29. The molecule has 2 N–H and O–H groups in total. The van der Waals surface area contributed by atoms with Crippen molar-refractivity contribution in [1.29, 1.82) is 0 Å². The van der Waals surface area contributed by atoms with Crippen LogP contribution in [-0.4, -0.2) is 12.1 Å². The molecule has 0 saturated heterocycles. The van der Waals surface area contributed by atoms with Crippen molar-refractivity contribution in [3.63, 3.8) is 0 Å². The Hall–Kier alpha value is -1.02. The molecule has 1 aromatic carbocycles. The molecule has 94 valence electrons. The Morgan fingerprint density at radius 2 is 2.06 bits per heavy atom. The summed E-state index contributed by atoms with van der Waals surface area (Å²) in [7, 11) is 0. The van der Waals surface area contributed by atoms with Gasteiger partial charge in [-0.1, -0.05) is 50.8 Å². The maximum Gasteiger partial charge on any atom is 0.122 e. The largest absolute Gasteiger partial charge is 0.491 e. The Kier molecular flexibility index (Phi) is 4.06. The van der Waals surface area contributed by atoms with Crippen LogP contribution in [0.25, 0.3) is 0 Å². The Balaban J connectivity index is 1.91. The SMILES string of the molecule is CCCCCCC1(N)COc2ccccc2C1. The van der Waals surface area contributed by atoms with Gasteiger partial charge in [0.2, 0.25) is 0 Å². The van der Waals surface area contributed by atoms with Crippen LogP contribution in [0.1, 0.15) is 44.6 Å². The number of ether oxygens (including phenoxy) is 1. The van der Waals surface area contributed by atoms with Crippen molar-refractivity contribution in [2.24, 2.45) is 5.73 Å². The van der Waals surface area contributed by atoms with Crippen molar-refractivity contribution in [1.82, 2.24) is 0 Å². The van der Waals surface area contributed by atoms with Crippen LogP contribution in [-0.2, 0) is 6.42 Å². The van der Waals surface area contributed by atoms with E-state index in [0.717, 1.165) is 18.6 Å². The molecule has 0 aromatic heterocycles. The predicted molar refractivity (Wildman–Crippen MR) is 71.3 cm³/mol. The van der Waals surface area contributed by atoms with Crippen LogP contribution in [0.5, 0.6) is 5.75 Å². The third kappa shape index (κ3) is 3.22. The third-order valence-corrected chi connectivity index (χ3v) is 3.56. The summed E-state index contributed by atoms with van der Waals surface area (Å²) < 4.78 is 5.77. The molecule has 0 aliphatic carbocycles. The van der Waals surface area contributed by atoms with Gasteiger partial charge in [0.15, 0.2) is 0 Å². The zero-order valence-electron chi connectivity index (χ0n) is 10.7. The Bertz CT molecular complexity index is 364. The van der Waals surface area contributed by atoms with Gasteiger partial charge in [0.25, 0.3) is 0 Å². The second-order valence-electron chi connectivity index (χ2n) is 5.25. The van der Waals surface area contributed by atoms with Crippen molar-refractivity contribution < 1.29 is 4.74 Å². The molecular weight excluding hydrogens is 210 g/mol. The highest BCUT2D eigenvalue weighted by Gasteiger charge is 2.31. The fourth-order valence-corrected chi connectivity index (χ4v) is 2.51. The molecule has 1 aromatic rings. The summed E-state index contributed by atoms with van der Waals surface area (Å²) in [6, 6.07) is 8.24. The summed E-state index contributed by atoms with van der Waals surface area (Å²) in [5, 5.41) is 0. The van der Waals surface area contributed by atoms with Crippen LogP contribution in [0, 0.1) is 0 Å². The van der Waals surface area contributed by atoms with Crippen LogP contribution in [0.3, 0.4) is 0 Å². The molecule has 0 amide bonds. The zero-order valence-corrected chi connectivity index (χ0v) is 10.7. The van der Waals surface area contributed by atoms with E-state index in [2.05, 4.69) is 19.1 Å². The summed E-state index contributed by atoms with van der Waals surface area (Å²) in [6.07, 6.45) is 7.12. The van der Waals surface area contributed by atoms with E-state index in [-0.39, 0.29) is 5.54 Å². The zero-order chi connectivity index (χ0) is 12.1. The Morgan fingerprint density at radius 1 is 1.24 bits per heavy atom. The van der Waals surface area contributed by atoms with Crippen LogP contribution in [0.15, 0.2) is 24.3 Å². The van der Waals surface area contributed by atoms with E-state index in [1.807, 2.05) is 12.1 Å². The number of unbranched alkanes of at least 4 members (excludes halogenated alkanes) is 3. The average Bonchev–Trinajstić information content (AvgIpc) is 2.35. The number of rotatable bonds is 5. The van der Waals surface area contributed by atoms with Gasteiger partial charge in [-0.15, -0.1) is 0 Å². The lowest BCUT2D eigenvalue weighted by atomic mass is 9.85. The monoisotopic (exact) mass is 233 g/mol. The van der Waals surface area contributed by atoms with Gasteiger partial charge in [-0.2, -0.15) is 0 Å². The minimum Gasteiger partial charge on any atom is -0.491 e. The standard InChI is InChI=1S/C15H23NO/c1-2-3-4-7-10-15(16)11-13-8-5-6-9-14(13)17-12-15/h5-6,8-9H,2-4,7,10-12,16H2,1H3. The highest BCUT2D eigenvalue weighted by atomic mass is 16.5. The quantitative estimate of drug-likeness (QED) is 0.792. The van der Waals surface area contributed by atoms with E-state index < -0.39 is 0 Å². The molecular formula is C15H23NO. The van der Waals surface area contributed by atoms with E-state index in [4.69, 9.17) is 10.5 Å². The molecule has 2 heteroatoms. The van der Waals surface area contributed by atoms with Crippen molar-refractivity contribution in [2.45, 2.75) is 51.0 Å². The summed E-state index contributed by atoms with van der Waals surface area (Å²) >= 11 is 0. The van der Waals surface area contributed by atoms with Crippen molar-refractivity contribution in [3.8, 4) is 5.75 Å². The molecule has 17 heavy (non-hydrogen) atoms. The average molecular weight is 233 g/mol. The fourth-order valence-electron chi connectivity index (χ4n) is 2.51. The number of hydrogen-bond acceptors (Lipinski definition) is 2. The van der Waals surface area contributed by atoms with Crippen LogP contribution in [0.2, 0.25) is 0 Å². The normalized spacial score (nSPS) is 22.9. The second kappa shape index (κ2) is 5.54. The van der Waals surface area contributed by atoms with Gasteiger partial charge in [-0.05, 0) is 24.5 Å². The molecule has 0 saturated carbocycles. The maximum atomic E-state index is 6.43. The summed E-state index contributed by atoms with van der Waals surface area (Å²) in [6.45, 7) is 2.90. The van der Waals surface area contributed by atoms with Crippen molar-refractivity contribution >= 4 is 0 Å². The van der Waals surface area contributed by atoms with Crippen LogP contribution in [0.4, 0.5) is 0 Å². The highest BCUT2D eigenvalue weighted by Crippen LogP contribution is 2.30. The van der Waals surface area contributed by atoms with E-state index in [1.54, 1.807) is 0 Å². The first kappa shape index (κ1) is 12.4. The van der Waals surface area contributed by atoms with Gasteiger partial charge in [-0.3, -0.25) is 0 Å². The fraction of sp³-hybridized carbons (Fsp3) is 0.600. The van der Waals surface area contributed by atoms with E-state index in [9.17, 15) is 0 Å². The molecule has 0 fully saturated rings. The van der Waals surface area contributed by atoms with Gasteiger partial charge in [-0.25, -0.2) is 0 Å². The Labute approximate surface area is 104 Å². The van der Waals surface area contributed by atoms with Crippen LogP contribution >= 0.6 is 0 Å². The number of fused-ring (bicyclic) bond motifs is 1. The minimum absolute atomic E-state index is 0.151. The molecule has 1 aliphatic heterocycles. The van der Waals surface area contributed by atoms with Gasteiger partial charge >= 0.3 is 0 Å². The first-order chi connectivity index (χ1) is 8.23. The summed E-state index contributed by atoms with van der Waals surface area (Å²) in [4.78, 5) is 0. The summed E-state index contributed by atoms with van der Waals surface area (Å²) in [5.74, 6) is 1.02. The van der Waals surface area contributed by atoms with Gasteiger partial charge in [0.1, 0.15) is 12.4 Å². The van der Waals surface area contributed by atoms with Crippen LogP contribution < -0.4 is 10.5 Å². The topological polar surface area (TPSA) is 35.2 Å². The van der Waals surface area contributed by atoms with Gasteiger partial charge < -0.3 is 10.5 Å². The molecule has 1 heterocycles. The minimum atomic E-state index is -0.151. The first-order valence-electron chi connectivity index (χ1n) is 6.73. The molecule has 0 radical (unpaired) electrons. The first-order valence-corrected chi connectivity index (χ1v) is 6.73. The molecule has 2 nitrogen and oxygen atoms in total. The number of nitrogens with two attached hydrogens (primary N) is 1. The molecule has 0 bridgehead atoms. The number of benzene rings is 1. The molecule has 1 aliphatic rings. The van der Waals surface area contributed by atoms with E-state index in [0.29, 0.717) is 6.61 Å². The van der Waals surface area contributed by atoms with E-state index >= 15 is 0 Å².